The highest BCUT2D eigenvalue weighted by atomic mass is 32.2. The number of aromatic nitrogens is 2. The van der Waals surface area contributed by atoms with E-state index in [1.807, 2.05) is 36.4 Å². The van der Waals surface area contributed by atoms with Crippen molar-refractivity contribution in [2.45, 2.75) is 62.8 Å². The van der Waals surface area contributed by atoms with Crippen molar-refractivity contribution in [3.8, 4) is 23.0 Å². The normalized spacial score (nSPS) is 19.8. The van der Waals surface area contributed by atoms with Crippen molar-refractivity contribution >= 4 is 27.9 Å². The van der Waals surface area contributed by atoms with E-state index in [0.717, 1.165) is 50.6 Å². The first kappa shape index (κ1) is 28.8. The van der Waals surface area contributed by atoms with E-state index < -0.39 is 21.8 Å². The molecule has 220 valence electrons. The fourth-order valence-corrected chi connectivity index (χ4v) is 7.74. The largest absolute Gasteiger partial charge is 0.271 e. The second-order valence-corrected chi connectivity index (χ2v) is 13.2. The van der Waals surface area contributed by atoms with Gasteiger partial charge in [-0.3, -0.25) is 14.5 Å². The van der Waals surface area contributed by atoms with Crippen LogP contribution >= 0.6 is 0 Å². The van der Waals surface area contributed by atoms with E-state index in [0.29, 0.717) is 35.5 Å². The minimum Gasteiger partial charge on any atom is -0.271 e. The predicted molar refractivity (Wildman–Crippen MR) is 162 cm³/mol. The molecule has 1 saturated heterocycles. The third-order valence-electron chi connectivity index (χ3n) is 8.61. The molecule has 6 rings (SSSR count). The summed E-state index contributed by atoms with van der Waals surface area (Å²) in [5.74, 6) is -0.936. The summed E-state index contributed by atoms with van der Waals surface area (Å²) in [6, 6.07) is 18.0. The molecule has 3 heterocycles. The molecule has 43 heavy (non-hydrogen) atoms. The molecule has 3 aliphatic rings. The van der Waals surface area contributed by atoms with Crippen LogP contribution in [0.1, 0.15) is 57.4 Å². The molecule has 2 fully saturated rings. The van der Waals surface area contributed by atoms with Crippen LogP contribution in [0.2, 0.25) is 0 Å². The standard InChI is InChI=1S/C33H33N5O4S/c1-23-29(32(39)38(27-12-6-7-13-27)33(40)30(23)21-34)20-25-22-37(26-10-4-2-5-11-26)35-31(25)24-14-16-28(17-15-24)43(41,42)36-18-8-3-9-19-36/h2,4-5,10-11,14-17,20,22,27H,3,6-9,12-13,18-19H2,1H3/b29-20+. The van der Waals surface area contributed by atoms with Crippen molar-refractivity contribution < 1.29 is 18.0 Å². The summed E-state index contributed by atoms with van der Waals surface area (Å²) in [4.78, 5) is 28.5. The lowest BCUT2D eigenvalue weighted by Gasteiger charge is -2.32. The number of piperidine rings is 1. The van der Waals surface area contributed by atoms with Gasteiger partial charge in [0.05, 0.1) is 16.3 Å². The maximum absolute atomic E-state index is 13.8. The first-order valence-electron chi connectivity index (χ1n) is 14.8. The maximum atomic E-state index is 13.8. The average Bonchev–Trinajstić information content (AvgIpc) is 3.71. The van der Waals surface area contributed by atoms with Gasteiger partial charge < -0.3 is 0 Å². The highest BCUT2D eigenvalue weighted by Crippen LogP contribution is 2.35. The molecule has 1 aromatic heterocycles. The van der Waals surface area contributed by atoms with Crippen LogP contribution in [-0.2, 0) is 19.6 Å². The van der Waals surface area contributed by atoms with Crippen LogP contribution in [0.25, 0.3) is 23.0 Å². The Bertz CT molecular complexity index is 1770. The molecule has 1 saturated carbocycles. The van der Waals surface area contributed by atoms with Gasteiger partial charge in [-0.15, -0.1) is 0 Å². The van der Waals surface area contributed by atoms with Gasteiger partial charge in [0.25, 0.3) is 11.8 Å². The summed E-state index contributed by atoms with van der Waals surface area (Å²) >= 11 is 0. The van der Waals surface area contributed by atoms with E-state index in [9.17, 15) is 23.3 Å². The Balaban J connectivity index is 1.44. The minimum absolute atomic E-state index is 0.0259. The number of carbonyl (C=O) groups excluding carboxylic acids is 2. The van der Waals surface area contributed by atoms with E-state index in [2.05, 4.69) is 0 Å². The molecule has 3 aromatic rings. The van der Waals surface area contributed by atoms with Crippen molar-refractivity contribution in [3.63, 3.8) is 0 Å². The highest BCUT2D eigenvalue weighted by molar-refractivity contribution is 7.89. The Hall–Kier alpha value is -4.33. The predicted octanol–water partition coefficient (Wildman–Crippen LogP) is 5.25. The number of amides is 2. The summed E-state index contributed by atoms with van der Waals surface area (Å²) < 4.78 is 29.7. The Kier molecular flexibility index (Phi) is 7.86. The molecule has 1 aliphatic carbocycles. The number of nitrogens with zero attached hydrogens (tertiary/aromatic N) is 5. The second-order valence-electron chi connectivity index (χ2n) is 11.3. The van der Waals surface area contributed by atoms with Crippen LogP contribution in [0.5, 0.6) is 0 Å². The first-order valence-corrected chi connectivity index (χ1v) is 16.2. The molecule has 10 heteroatoms. The Labute approximate surface area is 251 Å². The average molecular weight is 596 g/mol. The van der Waals surface area contributed by atoms with Crippen LogP contribution in [0.3, 0.4) is 0 Å². The number of sulfonamides is 1. The number of benzene rings is 2. The lowest BCUT2D eigenvalue weighted by Crippen LogP contribution is -2.47. The zero-order valence-corrected chi connectivity index (χ0v) is 24.9. The molecular formula is C33H33N5O4S. The van der Waals surface area contributed by atoms with Gasteiger partial charge in [-0.1, -0.05) is 49.6 Å². The Morgan fingerprint density at radius 1 is 0.907 bits per heavy atom. The molecule has 0 bridgehead atoms. The summed E-state index contributed by atoms with van der Waals surface area (Å²) in [6.45, 7) is 2.68. The van der Waals surface area contributed by atoms with Crippen LogP contribution in [-0.4, -0.2) is 58.3 Å². The van der Waals surface area contributed by atoms with Gasteiger partial charge in [-0.25, -0.2) is 13.1 Å². The monoisotopic (exact) mass is 595 g/mol. The number of nitriles is 1. The number of para-hydroxylation sites is 1. The molecular weight excluding hydrogens is 562 g/mol. The number of imide groups is 1. The van der Waals surface area contributed by atoms with Gasteiger partial charge in [-0.05, 0) is 68.5 Å². The summed E-state index contributed by atoms with van der Waals surface area (Å²) in [5, 5.41) is 14.7. The Morgan fingerprint density at radius 3 is 2.23 bits per heavy atom. The van der Waals surface area contributed by atoms with Gasteiger partial charge >= 0.3 is 0 Å². The Morgan fingerprint density at radius 2 is 1.58 bits per heavy atom. The van der Waals surface area contributed by atoms with Gasteiger partial charge in [0.2, 0.25) is 10.0 Å². The molecule has 0 unspecified atom stereocenters. The zero-order chi connectivity index (χ0) is 30.1. The molecule has 2 aliphatic heterocycles. The number of hydrogen-bond acceptors (Lipinski definition) is 6. The highest BCUT2D eigenvalue weighted by Gasteiger charge is 2.40. The topological polar surface area (TPSA) is 116 Å². The van der Waals surface area contributed by atoms with E-state index in [-0.39, 0.29) is 22.1 Å². The second kappa shape index (κ2) is 11.7. The lowest BCUT2D eigenvalue weighted by molar-refractivity contribution is -0.143. The first-order chi connectivity index (χ1) is 20.8. The van der Waals surface area contributed by atoms with Gasteiger partial charge in [-0.2, -0.15) is 14.7 Å². The van der Waals surface area contributed by atoms with Crippen molar-refractivity contribution in [1.82, 2.24) is 19.0 Å². The minimum atomic E-state index is -3.60. The van der Waals surface area contributed by atoms with E-state index in [1.54, 1.807) is 52.4 Å². The molecule has 9 nitrogen and oxygen atoms in total. The van der Waals surface area contributed by atoms with Crippen LogP contribution in [0, 0.1) is 11.3 Å². The lowest BCUT2D eigenvalue weighted by atomic mass is 9.92. The van der Waals surface area contributed by atoms with Crippen molar-refractivity contribution in [2.75, 3.05) is 13.1 Å². The quantitative estimate of drug-likeness (QED) is 0.284. The zero-order valence-electron chi connectivity index (χ0n) is 24.1. The summed E-state index contributed by atoms with van der Waals surface area (Å²) in [7, 11) is -3.60. The number of carbonyl (C=O) groups is 2. The molecule has 2 aromatic carbocycles. The SMILES string of the molecule is CC1=C(C#N)C(=O)N(C2CCCC2)C(=O)/C1=C/c1cn(-c2ccccc2)nc1-c1ccc(S(=O)(=O)N2CCCCC2)cc1. The molecule has 0 atom stereocenters. The van der Waals surface area contributed by atoms with Crippen LogP contribution < -0.4 is 0 Å². The van der Waals surface area contributed by atoms with Crippen LogP contribution in [0.15, 0.2) is 82.4 Å². The van der Waals surface area contributed by atoms with Gasteiger partial charge in [0.15, 0.2) is 0 Å². The fraction of sp³-hybridized carbons (Fsp3) is 0.333. The van der Waals surface area contributed by atoms with E-state index in [1.165, 1.54) is 4.90 Å². The third-order valence-corrected chi connectivity index (χ3v) is 10.5. The van der Waals surface area contributed by atoms with E-state index in [4.69, 9.17) is 5.10 Å². The van der Waals surface area contributed by atoms with Gasteiger partial charge in [0, 0.05) is 42.0 Å². The molecule has 0 N–H and O–H groups in total. The molecule has 0 spiro atoms. The smallest absolute Gasteiger partial charge is 0.271 e. The fourth-order valence-electron chi connectivity index (χ4n) is 6.22. The van der Waals surface area contributed by atoms with Crippen molar-refractivity contribution in [2.24, 2.45) is 0 Å². The molecule has 2 amide bonds. The van der Waals surface area contributed by atoms with Crippen LogP contribution in [0.4, 0.5) is 0 Å². The maximum Gasteiger partial charge on any atom is 0.271 e. The number of hydrogen-bond donors (Lipinski definition) is 0. The molecule has 0 radical (unpaired) electrons. The summed E-state index contributed by atoms with van der Waals surface area (Å²) in [5.41, 5.74) is 3.22. The van der Waals surface area contributed by atoms with Crippen molar-refractivity contribution in [1.29, 1.82) is 5.26 Å². The third kappa shape index (κ3) is 5.35. The summed E-state index contributed by atoms with van der Waals surface area (Å²) in [6.07, 6.45) is 9.58. The number of rotatable bonds is 6. The van der Waals surface area contributed by atoms with E-state index >= 15 is 0 Å². The van der Waals surface area contributed by atoms with Gasteiger partial charge in [0.1, 0.15) is 11.6 Å². The van der Waals surface area contributed by atoms with Crippen molar-refractivity contribution in [3.05, 3.63) is 83.1 Å².